The number of thioether (sulfide) groups is 1. The van der Waals surface area contributed by atoms with E-state index < -0.39 is 0 Å². The zero-order valence-corrected chi connectivity index (χ0v) is 9.88. The molecule has 3 nitrogen and oxygen atoms in total. The predicted octanol–water partition coefficient (Wildman–Crippen LogP) is 1.37. The SMILES string of the molecule is CNCC(O)CSc1ccc(OC)cc1. The first-order chi connectivity index (χ1) is 7.26. The molecule has 0 aliphatic carbocycles. The van der Waals surface area contributed by atoms with E-state index in [1.165, 1.54) is 0 Å². The van der Waals surface area contributed by atoms with Gasteiger partial charge in [0.25, 0.3) is 0 Å². The average molecular weight is 227 g/mol. The van der Waals surface area contributed by atoms with Crippen LogP contribution in [0.3, 0.4) is 0 Å². The Bertz CT molecular complexity index is 276. The smallest absolute Gasteiger partial charge is 0.118 e. The molecule has 15 heavy (non-hydrogen) atoms. The third-order valence-electron chi connectivity index (χ3n) is 1.94. The van der Waals surface area contributed by atoms with E-state index in [-0.39, 0.29) is 6.10 Å². The highest BCUT2D eigenvalue weighted by Crippen LogP contribution is 2.21. The van der Waals surface area contributed by atoms with Crippen molar-refractivity contribution in [3.63, 3.8) is 0 Å². The highest BCUT2D eigenvalue weighted by atomic mass is 32.2. The number of hydrogen-bond donors (Lipinski definition) is 2. The number of rotatable bonds is 6. The molecular formula is C11H17NO2S. The van der Waals surface area contributed by atoms with E-state index in [0.717, 1.165) is 10.6 Å². The summed E-state index contributed by atoms with van der Waals surface area (Å²) in [5, 5.41) is 12.4. The summed E-state index contributed by atoms with van der Waals surface area (Å²) in [7, 11) is 3.49. The van der Waals surface area contributed by atoms with E-state index in [1.807, 2.05) is 31.3 Å². The minimum atomic E-state index is -0.304. The Morgan fingerprint density at radius 3 is 2.60 bits per heavy atom. The lowest BCUT2D eigenvalue weighted by atomic mass is 10.3. The molecule has 0 aliphatic heterocycles. The van der Waals surface area contributed by atoms with Gasteiger partial charge in [-0.3, -0.25) is 0 Å². The number of nitrogens with one attached hydrogen (secondary N) is 1. The summed E-state index contributed by atoms with van der Waals surface area (Å²) in [6.45, 7) is 0.628. The fourth-order valence-corrected chi connectivity index (χ4v) is 1.99. The van der Waals surface area contributed by atoms with Gasteiger partial charge in [-0.15, -0.1) is 11.8 Å². The lowest BCUT2D eigenvalue weighted by Gasteiger charge is -2.09. The van der Waals surface area contributed by atoms with Crippen LogP contribution in [-0.2, 0) is 0 Å². The second kappa shape index (κ2) is 6.71. The minimum absolute atomic E-state index is 0.304. The molecule has 4 heteroatoms. The molecule has 0 saturated carbocycles. The Balaban J connectivity index is 2.37. The van der Waals surface area contributed by atoms with Gasteiger partial charge in [-0.05, 0) is 31.3 Å². The van der Waals surface area contributed by atoms with Gasteiger partial charge in [-0.25, -0.2) is 0 Å². The van der Waals surface area contributed by atoms with Crippen molar-refractivity contribution in [3.05, 3.63) is 24.3 Å². The molecule has 2 N–H and O–H groups in total. The molecule has 1 aromatic rings. The second-order valence-corrected chi connectivity index (χ2v) is 4.29. The zero-order valence-electron chi connectivity index (χ0n) is 9.06. The Morgan fingerprint density at radius 2 is 2.07 bits per heavy atom. The van der Waals surface area contributed by atoms with E-state index in [1.54, 1.807) is 18.9 Å². The number of benzene rings is 1. The molecule has 84 valence electrons. The molecule has 1 unspecified atom stereocenters. The standard InChI is InChI=1S/C11H17NO2S/c1-12-7-9(13)8-15-11-5-3-10(14-2)4-6-11/h3-6,9,12-13H,7-8H2,1-2H3. The summed E-state index contributed by atoms with van der Waals surface area (Å²) < 4.78 is 5.06. The van der Waals surface area contributed by atoms with Crippen molar-refractivity contribution in [1.29, 1.82) is 0 Å². The highest BCUT2D eigenvalue weighted by Gasteiger charge is 2.03. The Morgan fingerprint density at radius 1 is 1.40 bits per heavy atom. The topological polar surface area (TPSA) is 41.5 Å². The van der Waals surface area contributed by atoms with Crippen molar-refractivity contribution < 1.29 is 9.84 Å². The largest absolute Gasteiger partial charge is 0.497 e. The maximum Gasteiger partial charge on any atom is 0.118 e. The van der Waals surface area contributed by atoms with Crippen molar-refractivity contribution in [3.8, 4) is 5.75 Å². The third kappa shape index (κ3) is 4.55. The van der Waals surface area contributed by atoms with Crippen molar-refractivity contribution >= 4 is 11.8 Å². The van der Waals surface area contributed by atoms with E-state index in [2.05, 4.69) is 5.32 Å². The molecule has 1 rings (SSSR count). The number of aliphatic hydroxyl groups excluding tert-OH is 1. The molecular weight excluding hydrogens is 210 g/mol. The van der Waals surface area contributed by atoms with E-state index >= 15 is 0 Å². The van der Waals surface area contributed by atoms with Gasteiger partial charge < -0.3 is 15.2 Å². The van der Waals surface area contributed by atoms with Crippen LogP contribution in [0.5, 0.6) is 5.75 Å². The van der Waals surface area contributed by atoms with Crippen molar-refractivity contribution in [2.24, 2.45) is 0 Å². The molecule has 1 aromatic carbocycles. The maximum absolute atomic E-state index is 9.50. The van der Waals surface area contributed by atoms with Crippen molar-refractivity contribution in [2.75, 3.05) is 26.5 Å². The number of aliphatic hydroxyl groups is 1. The van der Waals surface area contributed by atoms with Crippen LogP contribution in [0, 0.1) is 0 Å². The maximum atomic E-state index is 9.50. The number of methoxy groups -OCH3 is 1. The molecule has 1 atom stereocenters. The second-order valence-electron chi connectivity index (χ2n) is 3.20. The van der Waals surface area contributed by atoms with Gasteiger partial charge in [-0.1, -0.05) is 0 Å². The van der Waals surface area contributed by atoms with Gasteiger partial charge in [0.05, 0.1) is 13.2 Å². The molecule has 0 spiro atoms. The molecule has 0 amide bonds. The molecule has 0 aromatic heterocycles. The van der Waals surface area contributed by atoms with Crippen molar-refractivity contribution in [2.45, 2.75) is 11.0 Å². The fraction of sp³-hybridized carbons (Fsp3) is 0.455. The monoisotopic (exact) mass is 227 g/mol. The van der Waals surface area contributed by atoms with Gasteiger partial charge in [0.1, 0.15) is 5.75 Å². The summed E-state index contributed by atoms with van der Waals surface area (Å²) in [4.78, 5) is 1.14. The Kier molecular flexibility index (Phi) is 5.53. The average Bonchev–Trinajstić information content (AvgIpc) is 2.27. The first kappa shape index (κ1) is 12.4. The quantitative estimate of drug-likeness (QED) is 0.720. The molecule has 0 radical (unpaired) electrons. The van der Waals surface area contributed by atoms with Crippen LogP contribution in [0.1, 0.15) is 0 Å². The molecule has 0 bridgehead atoms. The lowest BCUT2D eigenvalue weighted by molar-refractivity contribution is 0.199. The molecule has 0 saturated heterocycles. The summed E-state index contributed by atoms with van der Waals surface area (Å²) in [5.41, 5.74) is 0. The van der Waals surface area contributed by atoms with Gasteiger partial charge in [0.2, 0.25) is 0 Å². The number of ether oxygens (including phenoxy) is 1. The van der Waals surface area contributed by atoms with Crippen LogP contribution in [0.25, 0.3) is 0 Å². The minimum Gasteiger partial charge on any atom is -0.497 e. The number of likely N-dealkylation sites (N-methyl/N-ethyl adjacent to an activating group) is 1. The van der Waals surface area contributed by atoms with E-state index in [4.69, 9.17) is 4.74 Å². The van der Waals surface area contributed by atoms with Gasteiger partial charge >= 0.3 is 0 Å². The van der Waals surface area contributed by atoms with Gasteiger partial charge in [-0.2, -0.15) is 0 Å². The Labute approximate surface area is 94.8 Å². The van der Waals surface area contributed by atoms with Crippen LogP contribution in [0.4, 0.5) is 0 Å². The summed E-state index contributed by atoms with van der Waals surface area (Å²) >= 11 is 1.64. The summed E-state index contributed by atoms with van der Waals surface area (Å²) in [5.74, 6) is 1.56. The fourth-order valence-electron chi connectivity index (χ4n) is 1.16. The van der Waals surface area contributed by atoms with Gasteiger partial charge in [0, 0.05) is 17.2 Å². The highest BCUT2D eigenvalue weighted by molar-refractivity contribution is 7.99. The van der Waals surface area contributed by atoms with Crippen LogP contribution in [0.15, 0.2) is 29.2 Å². The van der Waals surface area contributed by atoms with Crippen LogP contribution in [0.2, 0.25) is 0 Å². The van der Waals surface area contributed by atoms with E-state index in [9.17, 15) is 5.11 Å². The predicted molar refractivity (Wildman–Crippen MR) is 63.7 cm³/mol. The Hall–Kier alpha value is -0.710. The lowest BCUT2D eigenvalue weighted by Crippen LogP contribution is -2.25. The normalized spacial score (nSPS) is 12.5. The molecule has 0 heterocycles. The molecule has 0 fully saturated rings. The van der Waals surface area contributed by atoms with Crippen LogP contribution < -0.4 is 10.1 Å². The van der Waals surface area contributed by atoms with Gasteiger partial charge in [0.15, 0.2) is 0 Å². The summed E-state index contributed by atoms with van der Waals surface area (Å²) in [6, 6.07) is 7.84. The van der Waals surface area contributed by atoms with Crippen LogP contribution >= 0.6 is 11.8 Å². The zero-order chi connectivity index (χ0) is 11.1. The van der Waals surface area contributed by atoms with E-state index in [0.29, 0.717) is 12.3 Å². The first-order valence-electron chi connectivity index (χ1n) is 4.85. The molecule has 0 aliphatic rings. The first-order valence-corrected chi connectivity index (χ1v) is 5.84. The third-order valence-corrected chi connectivity index (χ3v) is 3.10. The summed E-state index contributed by atoms with van der Waals surface area (Å²) in [6.07, 6.45) is -0.304. The van der Waals surface area contributed by atoms with Crippen molar-refractivity contribution in [1.82, 2.24) is 5.32 Å². The van der Waals surface area contributed by atoms with Crippen LogP contribution in [-0.4, -0.2) is 37.7 Å². The number of hydrogen-bond acceptors (Lipinski definition) is 4.